The van der Waals surface area contributed by atoms with Crippen molar-refractivity contribution in [1.29, 1.82) is 0 Å². The van der Waals surface area contributed by atoms with E-state index in [-0.39, 0.29) is 5.92 Å². The summed E-state index contributed by atoms with van der Waals surface area (Å²) in [5.41, 5.74) is -0.267. The Balaban J connectivity index is 2.30. The molecule has 1 saturated carbocycles. The monoisotopic (exact) mass is 274 g/mol. The van der Waals surface area contributed by atoms with Crippen molar-refractivity contribution in [3.8, 4) is 0 Å². The van der Waals surface area contributed by atoms with Gasteiger partial charge in [-0.15, -0.1) is 0 Å². The van der Waals surface area contributed by atoms with Crippen molar-refractivity contribution in [2.75, 3.05) is 0 Å². The lowest BCUT2D eigenvalue weighted by atomic mass is 9.89. The van der Waals surface area contributed by atoms with Gasteiger partial charge < -0.3 is 0 Å². The molecule has 1 aliphatic rings. The zero-order valence-corrected chi connectivity index (χ0v) is 11.5. The first kappa shape index (κ1) is 14.4. The predicted molar refractivity (Wildman–Crippen MR) is 67.9 cm³/mol. The average molecular weight is 274 g/mol. The van der Waals surface area contributed by atoms with Gasteiger partial charge in [-0.1, -0.05) is 26.2 Å². The lowest BCUT2D eigenvalue weighted by Gasteiger charge is -2.16. The topological polar surface area (TPSA) is 17.8 Å². The van der Waals surface area contributed by atoms with Crippen molar-refractivity contribution in [1.82, 2.24) is 9.78 Å². The molecule has 1 aromatic rings. The van der Waals surface area contributed by atoms with E-state index in [1.165, 1.54) is 17.5 Å². The van der Waals surface area contributed by atoms with E-state index < -0.39 is 11.9 Å². The molecule has 108 valence electrons. The van der Waals surface area contributed by atoms with Crippen LogP contribution in [0.15, 0.2) is 6.20 Å². The third-order valence-electron chi connectivity index (χ3n) is 3.77. The smallest absolute Gasteiger partial charge is 0.272 e. The summed E-state index contributed by atoms with van der Waals surface area (Å²) >= 11 is 0. The molecule has 2 rings (SSSR count). The minimum Gasteiger partial charge on any atom is -0.272 e. The summed E-state index contributed by atoms with van der Waals surface area (Å²) in [6.45, 7) is 4.31. The minimum atomic E-state index is -4.34. The summed E-state index contributed by atoms with van der Waals surface area (Å²) in [6.07, 6.45) is 2.21. The van der Waals surface area contributed by atoms with Crippen molar-refractivity contribution < 1.29 is 13.2 Å². The van der Waals surface area contributed by atoms with Gasteiger partial charge in [-0.25, -0.2) is 0 Å². The fraction of sp³-hybridized carbons (Fsp3) is 0.786. The van der Waals surface area contributed by atoms with E-state index in [1.807, 2.05) is 13.8 Å². The summed E-state index contributed by atoms with van der Waals surface area (Å²) < 4.78 is 40.6. The van der Waals surface area contributed by atoms with Crippen LogP contribution in [0.2, 0.25) is 0 Å². The first-order chi connectivity index (χ1) is 8.95. The molecular formula is C14H21F3N2. The van der Waals surface area contributed by atoms with Crippen molar-refractivity contribution in [2.45, 2.75) is 64.6 Å². The summed E-state index contributed by atoms with van der Waals surface area (Å²) in [6, 6.07) is 0. The van der Waals surface area contributed by atoms with Gasteiger partial charge in [0.25, 0.3) is 0 Å². The molecule has 0 aliphatic heterocycles. The molecule has 1 heterocycles. The molecule has 1 unspecified atom stereocenters. The highest BCUT2D eigenvalue weighted by atomic mass is 19.4. The Kier molecular flexibility index (Phi) is 4.21. The Labute approximate surface area is 112 Å². The number of aromatic nitrogens is 2. The van der Waals surface area contributed by atoms with Crippen LogP contribution in [0, 0.1) is 5.92 Å². The third-order valence-corrected chi connectivity index (χ3v) is 3.77. The van der Waals surface area contributed by atoms with Gasteiger partial charge in [-0.05, 0) is 31.6 Å². The van der Waals surface area contributed by atoms with E-state index >= 15 is 0 Å². The Morgan fingerprint density at radius 3 is 2.53 bits per heavy atom. The molecule has 5 heteroatoms. The standard InChI is InChI=1S/C14H21F3N2/c1-3-5-11(8-10-6-7-10)12-9-19(4-2)18-13(12)14(15,16)17/h9-11H,3-8H2,1-2H3. The van der Waals surface area contributed by atoms with Gasteiger partial charge in [-0.3, -0.25) is 4.68 Å². The molecule has 0 aromatic carbocycles. The second-order valence-electron chi connectivity index (χ2n) is 5.45. The number of nitrogens with zero attached hydrogens (tertiary/aromatic N) is 2. The van der Waals surface area contributed by atoms with Crippen molar-refractivity contribution in [3.05, 3.63) is 17.5 Å². The van der Waals surface area contributed by atoms with E-state index in [0.29, 0.717) is 18.0 Å². The van der Waals surface area contributed by atoms with Crippen LogP contribution in [-0.2, 0) is 12.7 Å². The van der Waals surface area contributed by atoms with E-state index in [4.69, 9.17) is 0 Å². The zero-order valence-electron chi connectivity index (χ0n) is 11.5. The molecule has 1 aliphatic carbocycles. The van der Waals surface area contributed by atoms with Crippen LogP contribution in [0.4, 0.5) is 13.2 Å². The van der Waals surface area contributed by atoms with Gasteiger partial charge in [-0.2, -0.15) is 18.3 Å². The van der Waals surface area contributed by atoms with Crippen LogP contribution >= 0.6 is 0 Å². The average Bonchev–Trinajstić information content (AvgIpc) is 3.03. The molecule has 0 radical (unpaired) electrons. The summed E-state index contributed by atoms with van der Waals surface area (Å²) in [5, 5.41) is 3.72. The number of rotatable bonds is 6. The van der Waals surface area contributed by atoms with E-state index in [1.54, 1.807) is 6.20 Å². The first-order valence-corrected chi connectivity index (χ1v) is 7.10. The van der Waals surface area contributed by atoms with Crippen molar-refractivity contribution >= 4 is 0 Å². The number of hydrogen-bond donors (Lipinski definition) is 0. The minimum absolute atomic E-state index is 0.00873. The van der Waals surface area contributed by atoms with Gasteiger partial charge in [0.1, 0.15) is 0 Å². The van der Waals surface area contributed by atoms with Crippen LogP contribution in [0.25, 0.3) is 0 Å². The SMILES string of the molecule is CCCC(CC1CC1)c1cn(CC)nc1C(F)(F)F. The second-order valence-corrected chi connectivity index (χ2v) is 5.45. The molecule has 0 saturated heterocycles. The van der Waals surface area contributed by atoms with Gasteiger partial charge >= 0.3 is 6.18 Å². The molecule has 2 nitrogen and oxygen atoms in total. The lowest BCUT2D eigenvalue weighted by molar-refractivity contribution is -0.142. The van der Waals surface area contributed by atoms with Gasteiger partial charge in [0.2, 0.25) is 0 Å². The zero-order chi connectivity index (χ0) is 14.0. The predicted octanol–water partition coefficient (Wildman–Crippen LogP) is 4.61. The summed E-state index contributed by atoms with van der Waals surface area (Å²) in [5.74, 6) is 0.636. The van der Waals surface area contributed by atoms with Crippen molar-refractivity contribution in [2.24, 2.45) is 5.92 Å². The van der Waals surface area contributed by atoms with Gasteiger partial charge in [0.15, 0.2) is 5.69 Å². The van der Waals surface area contributed by atoms with Gasteiger partial charge in [0.05, 0.1) is 0 Å². The first-order valence-electron chi connectivity index (χ1n) is 7.10. The maximum atomic E-state index is 13.1. The quantitative estimate of drug-likeness (QED) is 0.741. The van der Waals surface area contributed by atoms with Crippen LogP contribution in [0.1, 0.15) is 63.1 Å². The molecule has 0 amide bonds. The molecule has 19 heavy (non-hydrogen) atoms. The van der Waals surface area contributed by atoms with E-state index in [2.05, 4.69) is 5.10 Å². The van der Waals surface area contributed by atoms with E-state index in [0.717, 1.165) is 19.3 Å². The highest BCUT2D eigenvalue weighted by Gasteiger charge is 2.39. The van der Waals surface area contributed by atoms with Crippen molar-refractivity contribution in [3.63, 3.8) is 0 Å². The van der Waals surface area contributed by atoms with Gasteiger partial charge in [0, 0.05) is 18.3 Å². The molecule has 0 N–H and O–H groups in total. The highest BCUT2D eigenvalue weighted by Crippen LogP contribution is 2.43. The molecule has 1 fully saturated rings. The third kappa shape index (κ3) is 3.51. The van der Waals surface area contributed by atoms with E-state index in [9.17, 15) is 13.2 Å². The highest BCUT2D eigenvalue weighted by molar-refractivity contribution is 5.25. The summed E-state index contributed by atoms with van der Waals surface area (Å²) in [4.78, 5) is 0. The molecular weight excluding hydrogens is 253 g/mol. The van der Waals surface area contributed by atoms with Crippen LogP contribution < -0.4 is 0 Å². The molecule has 0 bridgehead atoms. The van der Waals surface area contributed by atoms with Crippen LogP contribution in [-0.4, -0.2) is 9.78 Å². The number of alkyl halides is 3. The summed E-state index contributed by atoms with van der Waals surface area (Å²) in [7, 11) is 0. The Hall–Kier alpha value is -1.00. The fourth-order valence-electron chi connectivity index (χ4n) is 2.62. The van der Waals surface area contributed by atoms with Crippen LogP contribution in [0.5, 0.6) is 0 Å². The Morgan fingerprint density at radius 1 is 1.37 bits per heavy atom. The number of halogens is 3. The Morgan fingerprint density at radius 2 is 2.05 bits per heavy atom. The normalized spacial score (nSPS) is 17.7. The number of aryl methyl sites for hydroxylation is 1. The maximum Gasteiger partial charge on any atom is 0.435 e. The second kappa shape index (κ2) is 5.55. The van der Waals surface area contributed by atoms with Crippen LogP contribution in [0.3, 0.4) is 0 Å². The molecule has 1 atom stereocenters. The lowest BCUT2D eigenvalue weighted by Crippen LogP contribution is -2.12. The fourth-order valence-corrected chi connectivity index (χ4v) is 2.62. The largest absolute Gasteiger partial charge is 0.435 e. The Bertz CT molecular complexity index is 419. The molecule has 0 spiro atoms. The molecule has 1 aromatic heterocycles. The maximum absolute atomic E-state index is 13.1. The number of hydrogen-bond acceptors (Lipinski definition) is 1.